The second kappa shape index (κ2) is 1.72. The molecule has 0 spiro atoms. The Bertz CT molecular complexity index is 115. The normalized spacial score (nSPS) is 37.5. The van der Waals surface area contributed by atoms with Gasteiger partial charge in [-0.15, -0.1) is 0 Å². The van der Waals surface area contributed by atoms with Crippen LogP contribution in [-0.4, -0.2) is 18.1 Å². The molecule has 0 saturated carbocycles. The molecular weight excluding hydrogens is 108 g/mol. The van der Waals surface area contributed by atoms with Crippen LogP contribution in [0.15, 0.2) is 0 Å². The molecule has 1 aliphatic heterocycles. The third-order valence-electron chi connectivity index (χ3n) is 1.15. The molecule has 4 heteroatoms. The van der Waals surface area contributed by atoms with Gasteiger partial charge in [-0.25, -0.2) is 5.48 Å². The molecule has 0 aromatic carbocycles. The maximum absolute atomic E-state index is 10.4. The lowest BCUT2D eigenvalue weighted by Crippen LogP contribution is -2.35. The van der Waals surface area contributed by atoms with Crippen molar-refractivity contribution < 1.29 is 9.63 Å². The minimum Gasteiger partial charge on any atom is -0.318 e. The van der Waals surface area contributed by atoms with Crippen molar-refractivity contribution in [3.8, 4) is 0 Å². The lowest BCUT2D eigenvalue weighted by molar-refractivity contribution is -0.124. The minimum atomic E-state index is -0.491. The van der Waals surface area contributed by atoms with E-state index in [2.05, 4.69) is 10.3 Å². The largest absolute Gasteiger partial charge is 0.318 e. The van der Waals surface area contributed by atoms with Crippen molar-refractivity contribution in [2.75, 3.05) is 0 Å². The van der Waals surface area contributed by atoms with Gasteiger partial charge in [0, 0.05) is 0 Å². The van der Waals surface area contributed by atoms with Crippen LogP contribution < -0.4 is 11.2 Å². The molecule has 2 atom stereocenters. The zero-order valence-electron chi connectivity index (χ0n) is 4.55. The van der Waals surface area contributed by atoms with Crippen molar-refractivity contribution in [1.29, 1.82) is 0 Å². The number of rotatable bonds is 0. The Kier molecular flexibility index (Phi) is 1.19. The summed E-state index contributed by atoms with van der Waals surface area (Å²) in [6, 6.07) is -0.491. The molecule has 1 fully saturated rings. The van der Waals surface area contributed by atoms with Crippen molar-refractivity contribution >= 4 is 5.91 Å². The van der Waals surface area contributed by atoms with E-state index >= 15 is 0 Å². The van der Waals surface area contributed by atoms with Crippen LogP contribution in [0.1, 0.15) is 6.92 Å². The van der Waals surface area contributed by atoms with E-state index in [1.54, 1.807) is 6.92 Å². The van der Waals surface area contributed by atoms with Crippen LogP contribution in [-0.2, 0) is 9.63 Å². The number of hydrogen-bond donors (Lipinski definition) is 2. The lowest BCUT2D eigenvalue weighted by atomic mass is 10.2. The lowest BCUT2D eigenvalue weighted by Gasteiger charge is -1.99. The molecule has 0 aromatic heterocycles. The first-order valence-corrected chi connectivity index (χ1v) is 2.43. The number of hydroxylamine groups is 1. The highest BCUT2D eigenvalue weighted by Gasteiger charge is 2.28. The van der Waals surface area contributed by atoms with Gasteiger partial charge in [0.05, 0.1) is 0 Å². The minimum absolute atomic E-state index is 0.192. The van der Waals surface area contributed by atoms with Crippen LogP contribution in [0.2, 0.25) is 0 Å². The summed E-state index contributed by atoms with van der Waals surface area (Å²) in [6.07, 6.45) is -0.192. The predicted octanol–water partition coefficient (Wildman–Crippen LogP) is -1.24. The van der Waals surface area contributed by atoms with E-state index in [4.69, 9.17) is 5.73 Å². The fraction of sp³-hybridized carbons (Fsp3) is 0.750. The summed E-state index contributed by atoms with van der Waals surface area (Å²) >= 11 is 0. The van der Waals surface area contributed by atoms with E-state index in [1.165, 1.54) is 0 Å². The second-order valence-corrected chi connectivity index (χ2v) is 1.82. The van der Waals surface area contributed by atoms with Crippen LogP contribution in [0.25, 0.3) is 0 Å². The Morgan fingerprint density at radius 2 is 2.50 bits per heavy atom. The van der Waals surface area contributed by atoms with Gasteiger partial charge in [-0.1, -0.05) is 0 Å². The Balaban J connectivity index is 2.56. The van der Waals surface area contributed by atoms with Gasteiger partial charge in [0.1, 0.15) is 12.1 Å². The Labute approximate surface area is 46.9 Å². The first-order valence-electron chi connectivity index (χ1n) is 2.43. The quantitative estimate of drug-likeness (QED) is 0.416. The molecule has 0 unspecified atom stereocenters. The van der Waals surface area contributed by atoms with Gasteiger partial charge in [0.2, 0.25) is 0 Å². The van der Waals surface area contributed by atoms with Crippen molar-refractivity contribution in [2.24, 2.45) is 5.73 Å². The summed E-state index contributed by atoms with van der Waals surface area (Å²) < 4.78 is 0. The smallest absolute Gasteiger partial charge is 0.263 e. The highest BCUT2D eigenvalue weighted by molar-refractivity contribution is 5.82. The molecule has 4 nitrogen and oxygen atoms in total. The third-order valence-corrected chi connectivity index (χ3v) is 1.15. The van der Waals surface area contributed by atoms with Gasteiger partial charge in [-0.3, -0.25) is 9.63 Å². The van der Waals surface area contributed by atoms with Crippen molar-refractivity contribution in [1.82, 2.24) is 5.48 Å². The second-order valence-electron chi connectivity index (χ2n) is 1.82. The van der Waals surface area contributed by atoms with Crippen LogP contribution >= 0.6 is 0 Å². The zero-order chi connectivity index (χ0) is 6.15. The standard InChI is InChI=1S/C4H8N2O2/c1-2-3(5)4(7)6-8-2/h2-3H,5H2,1H3,(H,6,7)/t2-,3-/m1/s1. The Hall–Kier alpha value is -0.610. The monoisotopic (exact) mass is 116 g/mol. The van der Waals surface area contributed by atoms with E-state index in [1.807, 2.05) is 0 Å². The Morgan fingerprint density at radius 1 is 1.88 bits per heavy atom. The van der Waals surface area contributed by atoms with Crippen LogP contribution in [0.5, 0.6) is 0 Å². The van der Waals surface area contributed by atoms with E-state index in [9.17, 15) is 4.79 Å². The van der Waals surface area contributed by atoms with Crippen LogP contribution in [0, 0.1) is 0 Å². The molecule has 3 N–H and O–H groups in total. The summed E-state index contributed by atoms with van der Waals surface area (Å²) in [6.45, 7) is 1.74. The van der Waals surface area contributed by atoms with Crippen molar-refractivity contribution in [2.45, 2.75) is 19.1 Å². The molecule has 0 radical (unpaired) electrons. The van der Waals surface area contributed by atoms with Gasteiger partial charge in [-0.05, 0) is 6.92 Å². The van der Waals surface area contributed by atoms with E-state index in [0.29, 0.717) is 0 Å². The van der Waals surface area contributed by atoms with Gasteiger partial charge in [0.15, 0.2) is 0 Å². The van der Waals surface area contributed by atoms with Gasteiger partial charge in [-0.2, -0.15) is 0 Å². The summed E-state index contributed by atoms with van der Waals surface area (Å²) in [7, 11) is 0. The van der Waals surface area contributed by atoms with E-state index < -0.39 is 6.04 Å². The molecule has 1 heterocycles. The van der Waals surface area contributed by atoms with Gasteiger partial charge < -0.3 is 5.73 Å². The van der Waals surface area contributed by atoms with Gasteiger partial charge >= 0.3 is 0 Å². The fourth-order valence-corrected chi connectivity index (χ4v) is 0.506. The average molecular weight is 116 g/mol. The number of hydrogen-bond acceptors (Lipinski definition) is 3. The fourth-order valence-electron chi connectivity index (χ4n) is 0.506. The molecule has 8 heavy (non-hydrogen) atoms. The molecular formula is C4H8N2O2. The number of carbonyl (C=O) groups excluding carboxylic acids is 1. The molecule has 0 bridgehead atoms. The number of nitrogens with one attached hydrogen (secondary N) is 1. The summed E-state index contributed by atoms with van der Waals surface area (Å²) in [5.41, 5.74) is 7.44. The topological polar surface area (TPSA) is 64.3 Å². The van der Waals surface area contributed by atoms with Crippen LogP contribution in [0.3, 0.4) is 0 Å². The highest BCUT2D eigenvalue weighted by Crippen LogP contribution is 2.00. The molecule has 1 rings (SSSR count). The molecule has 1 aliphatic rings. The summed E-state index contributed by atoms with van der Waals surface area (Å²) in [5, 5.41) is 0. The maximum atomic E-state index is 10.4. The number of amides is 1. The molecule has 1 amide bonds. The van der Waals surface area contributed by atoms with Crippen molar-refractivity contribution in [3.05, 3.63) is 0 Å². The average Bonchev–Trinajstić information content (AvgIpc) is 1.98. The number of carbonyl (C=O) groups is 1. The Morgan fingerprint density at radius 3 is 2.62 bits per heavy atom. The molecule has 1 saturated heterocycles. The summed E-state index contributed by atoms with van der Waals surface area (Å²) in [4.78, 5) is 15.1. The zero-order valence-corrected chi connectivity index (χ0v) is 4.55. The van der Waals surface area contributed by atoms with E-state index in [-0.39, 0.29) is 12.0 Å². The maximum Gasteiger partial charge on any atom is 0.263 e. The predicted molar refractivity (Wildman–Crippen MR) is 26.7 cm³/mol. The molecule has 0 aromatic rings. The van der Waals surface area contributed by atoms with E-state index in [0.717, 1.165) is 0 Å². The highest BCUT2D eigenvalue weighted by atomic mass is 16.7. The van der Waals surface area contributed by atoms with Gasteiger partial charge in [0.25, 0.3) is 5.91 Å². The first kappa shape index (κ1) is 5.53. The SMILES string of the molecule is C[C@H]1ONC(=O)[C@@H]1N. The molecule has 46 valence electrons. The summed E-state index contributed by atoms with van der Waals surface area (Å²) in [5.74, 6) is -0.238. The third kappa shape index (κ3) is 0.677. The van der Waals surface area contributed by atoms with Crippen LogP contribution in [0.4, 0.5) is 0 Å². The molecule has 0 aliphatic carbocycles. The number of nitrogens with two attached hydrogens (primary N) is 1. The first-order chi connectivity index (χ1) is 3.72. The van der Waals surface area contributed by atoms with Crippen molar-refractivity contribution in [3.63, 3.8) is 0 Å².